The van der Waals surface area contributed by atoms with Crippen LogP contribution in [0.15, 0.2) is 30.4 Å². The van der Waals surface area contributed by atoms with E-state index in [-0.39, 0.29) is 11.8 Å². The Hall–Kier alpha value is -2.48. The lowest BCUT2D eigenvalue weighted by Crippen LogP contribution is -2.34. The molecule has 1 aliphatic rings. The fourth-order valence-electron chi connectivity index (χ4n) is 2.61. The number of rotatable bonds is 5. The van der Waals surface area contributed by atoms with Gasteiger partial charge in [-0.15, -0.1) is 0 Å². The predicted octanol–water partition coefficient (Wildman–Crippen LogP) is 2.74. The second-order valence-electron chi connectivity index (χ2n) is 5.13. The molecule has 1 aromatic rings. The third kappa shape index (κ3) is 3.40. The zero-order valence-electron chi connectivity index (χ0n) is 12.8. The molecule has 2 atom stereocenters. The van der Waals surface area contributed by atoms with Gasteiger partial charge < -0.3 is 14.8 Å². The Labute approximate surface area is 130 Å². The second-order valence-corrected chi connectivity index (χ2v) is 5.13. The number of methoxy groups -OCH3 is 2. The maximum atomic E-state index is 12.3. The van der Waals surface area contributed by atoms with Crippen LogP contribution in [0.2, 0.25) is 0 Å². The van der Waals surface area contributed by atoms with E-state index in [0.29, 0.717) is 17.1 Å². The zero-order valence-corrected chi connectivity index (χ0v) is 12.8. The van der Waals surface area contributed by atoms with Gasteiger partial charge in [-0.05, 0) is 25.3 Å². The standard InChI is InChI=1S/C17H20N2O3/c1-21-15-10-6-9-13(16(15)22-2)14(11-18)19-17(20)12-7-4-3-5-8-12/h3-4,6,9-10,12,14H,5,7-8H2,1-2H3,(H,19,20)/t12-,14-/m1/s1. The molecule has 5 nitrogen and oxygen atoms in total. The van der Waals surface area contributed by atoms with E-state index in [9.17, 15) is 10.1 Å². The highest BCUT2D eigenvalue weighted by Gasteiger charge is 2.25. The summed E-state index contributed by atoms with van der Waals surface area (Å²) in [6.07, 6.45) is 6.53. The molecule has 2 rings (SSSR count). The molecule has 0 radical (unpaired) electrons. The molecular weight excluding hydrogens is 280 g/mol. The summed E-state index contributed by atoms with van der Waals surface area (Å²) in [6.45, 7) is 0. The molecule has 0 aromatic heterocycles. The number of nitrogens with zero attached hydrogens (tertiary/aromatic N) is 1. The van der Waals surface area contributed by atoms with Gasteiger partial charge in [0.15, 0.2) is 11.5 Å². The van der Waals surface area contributed by atoms with E-state index in [1.165, 1.54) is 14.2 Å². The number of benzene rings is 1. The van der Waals surface area contributed by atoms with Crippen molar-refractivity contribution in [3.8, 4) is 17.6 Å². The molecule has 1 N–H and O–H groups in total. The highest BCUT2D eigenvalue weighted by Crippen LogP contribution is 2.34. The number of nitrogens with one attached hydrogen (secondary N) is 1. The average Bonchev–Trinajstić information content (AvgIpc) is 2.59. The van der Waals surface area contributed by atoms with Crippen LogP contribution in [0.25, 0.3) is 0 Å². The number of ether oxygens (including phenoxy) is 2. The fraction of sp³-hybridized carbons (Fsp3) is 0.412. The van der Waals surface area contributed by atoms with E-state index in [4.69, 9.17) is 9.47 Å². The van der Waals surface area contributed by atoms with Crippen LogP contribution in [0.3, 0.4) is 0 Å². The molecule has 1 aromatic carbocycles. The lowest BCUT2D eigenvalue weighted by molar-refractivity contribution is -0.125. The van der Waals surface area contributed by atoms with Gasteiger partial charge in [-0.25, -0.2) is 0 Å². The van der Waals surface area contributed by atoms with Crippen molar-refractivity contribution in [3.05, 3.63) is 35.9 Å². The number of hydrogen-bond donors (Lipinski definition) is 1. The highest BCUT2D eigenvalue weighted by molar-refractivity contribution is 5.80. The SMILES string of the molecule is COc1cccc([C@@H](C#N)NC(=O)[C@@H]2CC=CCC2)c1OC. The Morgan fingerprint density at radius 2 is 2.18 bits per heavy atom. The number of carbonyl (C=O) groups excluding carboxylic acids is 1. The molecule has 1 aliphatic carbocycles. The van der Waals surface area contributed by atoms with Gasteiger partial charge in [0, 0.05) is 11.5 Å². The quantitative estimate of drug-likeness (QED) is 0.849. The first-order valence-electron chi connectivity index (χ1n) is 7.27. The van der Waals surface area contributed by atoms with Crippen molar-refractivity contribution < 1.29 is 14.3 Å². The second kappa shape index (κ2) is 7.51. The molecule has 0 aliphatic heterocycles. The van der Waals surface area contributed by atoms with Gasteiger partial charge in [-0.3, -0.25) is 4.79 Å². The molecule has 5 heteroatoms. The van der Waals surface area contributed by atoms with E-state index in [2.05, 4.69) is 17.5 Å². The van der Waals surface area contributed by atoms with E-state index >= 15 is 0 Å². The van der Waals surface area contributed by atoms with Crippen molar-refractivity contribution in [1.82, 2.24) is 5.32 Å². The lowest BCUT2D eigenvalue weighted by Gasteiger charge is -2.21. The van der Waals surface area contributed by atoms with Crippen molar-refractivity contribution in [2.45, 2.75) is 25.3 Å². The van der Waals surface area contributed by atoms with Crippen molar-refractivity contribution in [2.75, 3.05) is 14.2 Å². The van der Waals surface area contributed by atoms with Crippen molar-refractivity contribution >= 4 is 5.91 Å². The van der Waals surface area contributed by atoms with Gasteiger partial charge >= 0.3 is 0 Å². The van der Waals surface area contributed by atoms with Crippen LogP contribution in [0.1, 0.15) is 30.9 Å². The summed E-state index contributed by atoms with van der Waals surface area (Å²) in [5.74, 6) is 0.841. The minimum atomic E-state index is -0.761. The number of amides is 1. The number of carbonyl (C=O) groups is 1. The molecule has 0 unspecified atom stereocenters. The van der Waals surface area contributed by atoms with Gasteiger partial charge in [0.2, 0.25) is 5.91 Å². The molecule has 0 spiro atoms. The van der Waals surface area contributed by atoms with E-state index in [1.807, 2.05) is 6.08 Å². The first-order chi connectivity index (χ1) is 10.7. The Morgan fingerprint density at radius 1 is 1.36 bits per heavy atom. The van der Waals surface area contributed by atoms with Gasteiger partial charge in [-0.2, -0.15) is 5.26 Å². The Bertz CT molecular complexity index is 604. The van der Waals surface area contributed by atoms with Gasteiger partial charge in [0.25, 0.3) is 0 Å². The van der Waals surface area contributed by atoms with Crippen molar-refractivity contribution in [2.24, 2.45) is 5.92 Å². The van der Waals surface area contributed by atoms with E-state index < -0.39 is 6.04 Å². The molecular formula is C17H20N2O3. The summed E-state index contributed by atoms with van der Waals surface area (Å²) in [5, 5.41) is 12.2. The smallest absolute Gasteiger partial charge is 0.224 e. The first-order valence-corrected chi connectivity index (χ1v) is 7.27. The number of hydrogen-bond acceptors (Lipinski definition) is 4. The summed E-state index contributed by atoms with van der Waals surface area (Å²) in [6, 6.07) is 6.66. The largest absolute Gasteiger partial charge is 0.493 e. The monoisotopic (exact) mass is 300 g/mol. The van der Waals surface area contributed by atoms with Crippen LogP contribution in [-0.4, -0.2) is 20.1 Å². The normalized spacial score (nSPS) is 18.1. The highest BCUT2D eigenvalue weighted by atomic mass is 16.5. The van der Waals surface area contributed by atoms with Crippen LogP contribution >= 0.6 is 0 Å². The summed E-state index contributed by atoms with van der Waals surface area (Å²) in [5.41, 5.74) is 0.601. The fourth-order valence-corrected chi connectivity index (χ4v) is 2.61. The number of para-hydroxylation sites is 1. The molecule has 0 bridgehead atoms. The summed E-state index contributed by atoms with van der Waals surface area (Å²) in [7, 11) is 3.06. The Balaban J connectivity index is 2.20. The molecule has 0 saturated heterocycles. The molecule has 0 saturated carbocycles. The molecule has 22 heavy (non-hydrogen) atoms. The average molecular weight is 300 g/mol. The van der Waals surface area contributed by atoms with Gasteiger partial charge in [0.1, 0.15) is 6.04 Å². The zero-order chi connectivity index (χ0) is 15.9. The van der Waals surface area contributed by atoms with E-state index in [1.54, 1.807) is 18.2 Å². The third-order valence-electron chi connectivity index (χ3n) is 3.80. The van der Waals surface area contributed by atoms with Crippen molar-refractivity contribution in [3.63, 3.8) is 0 Å². The Kier molecular flexibility index (Phi) is 5.42. The Morgan fingerprint density at radius 3 is 2.77 bits per heavy atom. The van der Waals surface area contributed by atoms with Crippen LogP contribution in [0, 0.1) is 17.2 Å². The summed E-state index contributed by atoms with van der Waals surface area (Å²) < 4.78 is 10.6. The predicted molar refractivity (Wildman–Crippen MR) is 82.5 cm³/mol. The van der Waals surface area contributed by atoms with Crippen LogP contribution in [-0.2, 0) is 4.79 Å². The van der Waals surface area contributed by atoms with E-state index in [0.717, 1.165) is 19.3 Å². The first kappa shape index (κ1) is 15.9. The maximum Gasteiger partial charge on any atom is 0.224 e. The van der Waals surface area contributed by atoms with Crippen molar-refractivity contribution in [1.29, 1.82) is 5.26 Å². The van der Waals surface area contributed by atoms with Crippen LogP contribution in [0.4, 0.5) is 0 Å². The van der Waals surface area contributed by atoms with Gasteiger partial charge in [0.05, 0.1) is 20.3 Å². The lowest BCUT2D eigenvalue weighted by atomic mass is 9.93. The molecule has 0 fully saturated rings. The molecule has 116 valence electrons. The minimum absolute atomic E-state index is 0.0718. The molecule has 0 heterocycles. The number of allylic oxidation sites excluding steroid dienone is 2. The minimum Gasteiger partial charge on any atom is -0.493 e. The molecule has 1 amide bonds. The topological polar surface area (TPSA) is 71.3 Å². The summed E-state index contributed by atoms with van der Waals surface area (Å²) >= 11 is 0. The third-order valence-corrected chi connectivity index (χ3v) is 3.80. The van der Waals surface area contributed by atoms with Gasteiger partial charge in [-0.1, -0.05) is 24.3 Å². The maximum absolute atomic E-state index is 12.3. The van der Waals surface area contributed by atoms with Crippen LogP contribution < -0.4 is 14.8 Å². The van der Waals surface area contributed by atoms with Crippen LogP contribution in [0.5, 0.6) is 11.5 Å². The number of nitriles is 1. The summed E-state index contributed by atoms with van der Waals surface area (Å²) in [4.78, 5) is 12.3.